The molecule has 0 unspecified atom stereocenters. The first-order chi connectivity index (χ1) is 18.9. The number of amides is 4. The SMILES string of the molecule is COc1ccc2c(c1F)C(=O)N(C[C@@]1(c3cc4nc(N5CCN(C6CC6)CC5)ccc4o3)NC(=O)NC1=O)C2. The number of piperazine rings is 1. The number of methoxy groups -OCH3 is 1. The van der Waals surface area contributed by atoms with E-state index in [0.717, 1.165) is 38.0 Å². The van der Waals surface area contributed by atoms with E-state index in [1.165, 1.54) is 30.9 Å². The molecule has 5 heterocycles. The molecule has 2 aromatic heterocycles. The first kappa shape index (κ1) is 23.9. The largest absolute Gasteiger partial charge is 0.494 e. The van der Waals surface area contributed by atoms with Gasteiger partial charge >= 0.3 is 6.03 Å². The van der Waals surface area contributed by atoms with E-state index in [0.29, 0.717) is 16.7 Å². The summed E-state index contributed by atoms with van der Waals surface area (Å²) in [5.41, 5.74) is -0.355. The van der Waals surface area contributed by atoms with Crippen molar-refractivity contribution in [3.8, 4) is 5.75 Å². The third kappa shape index (κ3) is 3.81. The number of benzene rings is 1. The fourth-order valence-corrected chi connectivity index (χ4v) is 5.88. The minimum Gasteiger partial charge on any atom is -0.494 e. The van der Waals surface area contributed by atoms with Gasteiger partial charge in [-0.2, -0.15) is 0 Å². The van der Waals surface area contributed by atoms with E-state index < -0.39 is 29.2 Å². The highest BCUT2D eigenvalue weighted by molar-refractivity contribution is 6.08. The van der Waals surface area contributed by atoms with Gasteiger partial charge in [-0.1, -0.05) is 6.07 Å². The molecular formula is C27H27FN6O5. The van der Waals surface area contributed by atoms with Gasteiger partial charge in [0.25, 0.3) is 11.8 Å². The van der Waals surface area contributed by atoms with Gasteiger partial charge in [0.05, 0.1) is 19.2 Å². The zero-order valence-electron chi connectivity index (χ0n) is 21.3. The van der Waals surface area contributed by atoms with Crippen LogP contribution >= 0.6 is 0 Å². The number of ether oxygens (including phenoxy) is 1. The number of imide groups is 1. The number of fused-ring (bicyclic) bond motifs is 2. The molecule has 12 heteroatoms. The Bertz CT molecular complexity index is 1530. The third-order valence-corrected chi connectivity index (χ3v) is 8.13. The Kier molecular flexibility index (Phi) is 5.31. The number of carbonyl (C=O) groups is 3. The topological polar surface area (TPSA) is 120 Å². The van der Waals surface area contributed by atoms with Crippen molar-refractivity contribution in [3.05, 3.63) is 53.0 Å². The second kappa shape index (κ2) is 8.67. The molecule has 0 spiro atoms. The average Bonchev–Trinajstić information content (AvgIpc) is 3.52. The fraction of sp³-hybridized carbons (Fsp3) is 0.407. The van der Waals surface area contributed by atoms with Crippen molar-refractivity contribution in [2.24, 2.45) is 0 Å². The molecule has 0 radical (unpaired) electrons. The predicted molar refractivity (Wildman–Crippen MR) is 137 cm³/mol. The summed E-state index contributed by atoms with van der Waals surface area (Å²) < 4.78 is 26.0. The zero-order chi connectivity index (χ0) is 26.9. The summed E-state index contributed by atoms with van der Waals surface area (Å²) in [5.74, 6) is -1.10. The van der Waals surface area contributed by atoms with E-state index in [-0.39, 0.29) is 30.2 Å². The zero-order valence-corrected chi connectivity index (χ0v) is 21.3. The van der Waals surface area contributed by atoms with Gasteiger partial charge in [-0.25, -0.2) is 14.2 Å². The Morgan fingerprint density at radius 1 is 1.13 bits per heavy atom. The average molecular weight is 535 g/mol. The summed E-state index contributed by atoms with van der Waals surface area (Å²) in [6, 6.07) is 8.41. The number of rotatable bonds is 6. The lowest BCUT2D eigenvalue weighted by molar-refractivity contribution is -0.125. The second-order valence-electron chi connectivity index (χ2n) is 10.5. The molecule has 3 aliphatic heterocycles. The van der Waals surface area contributed by atoms with Crippen molar-refractivity contribution in [1.82, 2.24) is 25.4 Å². The third-order valence-electron chi connectivity index (χ3n) is 8.13. The molecule has 11 nitrogen and oxygen atoms in total. The standard InChI is InChI=1S/C27H27FN6O5/c1-38-19-5-2-15-13-34(24(35)22(15)23(19)28)14-27(25(36)30-26(37)31-27)20-12-17-18(39-20)6-7-21(29-17)33-10-8-32(9-11-33)16-3-4-16/h2,5-7,12,16H,3-4,8-11,13-14H2,1H3,(H2,30,31,36,37)/t27-/m0/s1. The van der Waals surface area contributed by atoms with Crippen LogP contribution in [0.3, 0.4) is 0 Å². The number of pyridine rings is 1. The Morgan fingerprint density at radius 2 is 1.92 bits per heavy atom. The number of aromatic nitrogens is 1. The Balaban J connectivity index is 1.19. The molecule has 1 saturated carbocycles. The van der Waals surface area contributed by atoms with Gasteiger partial charge in [0, 0.05) is 44.8 Å². The summed E-state index contributed by atoms with van der Waals surface area (Å²) in [7, 11) is 1.32. The van der Waals surface area contributed by atoms with Gasteiger partial charge in [0.15, 0.2) is 22.7 Å². The molecule has 2 N–H and O–H groups in total. The number of furan rings is 1. The van der Waals surface area contributed by atoms with E-state index in [9.17, 15) is 18.8 Å². The van der Waals surface area contributed by atoms with Crippen LogP contribution in [0.5, 0.6) is 5.75 Å². The molecule has 1 atom stereocenters. The van der Waals surface area contributed by atoms with Crippen LogP contribution in [0.25, 0.3) is 11.1 Å². The number of halogens is 1. The maximum absolute atomic E-state index is 14.9. The van der Waals surface area contributed by atoms with E-state index in [1.807, 2.05) is 6.07 Å². The molecule has 202 valence electrons. The molecule has 39 heavy (non-hydrogen) atoms. The van der Waals surface area contributed by atoms with Crippen molar-refractivity contribution in [2.45, 2.75) is 31.0 Å². The maximum Gasteiger partial charge on any atom is 0.322 e. The molecule has 3 aromatic rings. The first-order valence-corrected chi connectivity index (χ1v) is 13.0. The lowest BCUT2D eigenvalue weighted by Gasteiger charge is -2.35. The first-order valence-electron chi connectivity index (χ1n) is 13.0. The Morgan fingerprint density at radius 3 is 2.62 bits per heavy atom. The highest BCUT2D eigenvalue weighted by Crippen LogP contribution is 2.36. The van der Waals surface area contributed by atoms with E-state index in [2.05, 4.69) is 20.4 Å². The summed E-state index contributed by atoms with van der Waals surface area (Å²) in [5, 5.41) is 4.91. The molecule has 4 amide bonds. The van der Waals surface area contributed by atoms with Crippen molar-refractivity contribution in [3.63, 3.8) is 0 Å². The van der Waals surface area contributed by atoms with Gasteiger partial charge in [0.2, 0.25) is 0 Å². The molecular weight excluding hydrogens is 507 g/mol. The number of nitrogens with one attached hydrogen (secondary N) is 2. The van der Waals surface area contributed by atoms with Gasteiger partial charge in [-0.15, -0.1) is 0 Å². The number of urea groups is 1. The monoisotopic (exact) mass is 534 g/mol. The molecule has 2 saturated heterocycles. The van der Waals surface area contributed by atoms with Gasteiger partial charge in [0.1, 0.15) is 17.1 Å². The molecule has 3 fully saturated rings. The maximum atomic E-state index is 14.9. The Labute approximate surface area is 222 Å². The minimum atomic E-state index is -1.70. The van der Waals surface area contributed by atoms with Gasteiger partial charge in [-0.05, 0) is 36.6 Å². The highest BCUT2D eigenvalue weighted by Gasteiger charge is 2.53. The lowest BCUT2D eigenvalue weighted by atomic mass is 9.95. The van der Waals surface area contributed by atoms with Crippen LogP contribution in [0.4, 0.5) is 15.0 Å². The van der Waals surface area contributed by atoms with Crippen LogP contribution in [0.15, 0.2) is 34.7 Å². The van der Waals surface area contributed by atoms with Crippen molar-refractivity contribution >= 4 is 34.8 Å². The normalized spacial score (nSPS) is 23.4. The molecule has 1 aromatic carbocycles. The Hall–Kier alpha value is -4.19. The van der Waals surface area contributed by atoms with Crippen LogP contribution < -0.4 is 20.3 Å². The van der Waals surface area contributed by atoms with Crippen molar-refractivity contribution in [2.75, 3.05) is 44.7 Å². The van der Waals surface area contributed by atoms with E-state index in [4.69, 9.17) is 14.1 Å². The molecule has 4 aliphatic rings. The molecule has 0 bridgehead atoms. The van der Waals surface area contributed by atoms with Crippen molar-refractivity contribution in [1.29, 1.82) is 0 Å². The number of carbonyl (C=O) groups excluding carboxylic acids is 3. The summed E-state index contributed by atoms with van der Waals surface area (Å²) >= 11 is 0. The van der Waals surface area contributed by atoms with Crippen molar-refractivity contribution < 1.29 is 27.9 Å². The molecule has 7 rings (SSSR count). The minimum absolute atomic E-state index is 0.0429. The number of nitrogens with zero attached hydrogens (tertiary/aromatic N) is 4. The van der Waals surface area contributed by atoms with Gasteiger partial charge < -0.3 is 24.3 Å². The number of hydrogen-bond acceptors (Lipinski definition) is 8. The summed E-state index contributed by atoms with van der Waals surface area (Å²) in [6.45, 7) is 3.55. The van der Waals surface area contributed by atoms with E-state index >= 15 is 0 Å². The van der Waals surface area contributed by atoms with Crippen LogP contribution in [-0.2, 0) is 16.9 Å². The number of hydrogen-bond donors (Lipinski definition) is 2. The molecule has 1 aliphatic carbocycles. The summed E-state index contributed by atoms with van der Waals surface area (Å²) in [6.07, 6.45) is 2.57. The van der Waals surface area contributed by atoms with Crippen LogP contribution in [-0.4, -0.2) is 78.5 Å². The summed E-state index contributed by atoms with van der Waals surface area (Å²) in [4.78, 5) is 49.6. The van der Waals surface area contributed by atoms with E-state index in [1.54, 1.807) is 18.2 Å². The quantitative estimate of drug-likeness (QED) is 0.461. The lowest BCUT2D eigenvalue weighted by Crippen LogP contribution is -2.52. The predicted octanol–water partition coefficient (Wildman–Crippen LogP) is 1.95. The van der Waals surface area contributed by atoms with Crippen LogP contribution in [0.2, 0.25) is 0 Å². The van der Waals surface area contributed by atoms with Crippen LogP contribution in [0.1, 0.15) is 34.5 Å². The smallest absolute Gasteiger partial charge is 0.322 e. The fourth-order valence-electron chi connectivity index (χ4n) is 5.88. The second-order valence-corrected chi connectivity index (χ2v) is 10.5. The number of anilines is 1. The van der Waals surface area contributed by atoms with Gasteiger partial charge in [-0.3, -0.25) is 19.8 Å². The highest BCUT2D eigenvalue weighted by atomic mass is 19.1. The van der Waals surface area contributed by atoms with Crippen LogP contribution in [0, 0.1) is 5.82 Å².